The maximum Gasteiger partial charge on any atom is 0.187 e. The van der Waals surface area contributed by atoms with E-state index in [0.29, 0.717) is 49.0 Å². The zero-order valence-electron chi connectivity index (χ0n) is 67.3. The van der Waals surface area contributed by atoms with Gasteiger partial charge in [0.15, 0.2) is 62.4 Å². The minimum absolute atomic E-state index is 0.0813. The third-order valence-corrected chi connectivity index (χ3v) is 29.4. The Bertz CT molecular complexity index is 3290. The van der Waals surface area contributed by atoms with E-state index in [9.17, 15) is 117 Å². The van der Waals surface area contributed by atoms with Crippen LogP contribution < -0.4 is 0 Å². The van der Waals surface area contributed by atoms with Crippen molar-refractivity contribution in [2.24, 2.45) is 52.3 Å². The van der Waals surface area contributed by atoms with E-state index in [1.165, 1.54) is 6.92 Å². The molecule has 53 atom stereocenters. The summed E-state index contributed by atoms with van der Waals surface area (Å²) in [6.07, 6.45) is -69.8. The molecular weight excluding hydrogens is 1610 g/mol. The molecule has 11 aliphatic heterocycles. The molecule has 1 spiro atoms. The smallest absolute Gasteiger partial charge is 0.187 e. The van der Waals surface area contributed by atoms with Gasteiger partial charge in [-0.15, -0.1) is 0 Å². The molecule has 23 N–H and O–H groups in total. The molecule has 120 heavy (non-hydrogen) atoms. The van der Waals surface area contributed by atoms with E-state index in [2.05, 4.69) is 27.7 Å². The summed E-state index contributed by atoms with van der Waals surface area (Å²) in [6, 6.07) is 0. The fourth-order valence-electron chi connectivity index (χ4n) is 22.3. The molecule has 15 aliphatic rings. The summed E-state index contributed by atoms with van der Waals surface area (Å²) >= 11 is 0. The van der Waals surface area contributed by atoms with E-state index in [0.717, 1.165) is 51.4 Å². The Morgan fingerprint density at radius 3 is 1.43 bits per heavy atom. The molecule has 0 amide bonds. The number of hydrogen-bond donors (Lipinski definition) is 23. The summed E-state index contributed by atoms with van der Waals surface area (Å²) in [5.74, 6) is 2.11. The molecule has 15 rings (SSSR count). The number of aliphatic hydroxyl groups excluding tert-OH is 23. The van der Waals surface area contributed by atoms with Gasteiger partial charge in [-0.2, -0.15) is 0 Å². The largest absolute Gasteiger partial charge is 0.394 e. The zero-order valence-corrected chi connectivity index (χ0v) is 67.3. The van der Waals surface area contributed by atoms with Crippen molar-refractivity contribution in [1.82, 2.24) is 0 Å². The minimum Gasteiger partial charge on any atom is -0.394 e. The molecule has 43 heteroatoms. The third kappa shape index (κ3) is 17.4. The van der Waals surface area contributed by atoms with Gasteiger partial charge in [-0.1, -0.05) is 27.7 Å². The summed E-state index contributed by atoms with van der Waals surface area (Å²) in [5, 5.41) is 258. The van der Waals surface area contributed by atoms with E-state index < -0.39 is 317 Å². The Labute approximate surface area is 690 Å². The van der Waals surface area contributed by atoms with Crippen molar-refractivity contribution in [2.45, 2.75) is 369 Å². The maximum atomic E-state index is 13.0. The van der Waals surface area contributed by atoms with Crippen LogP contribution in [0.25, 0.3) is 0 Å². The first-order valence-electron chi connectivity index (χ1n) is 42.4. The Hall–Kier alpha value is -1.72. The van der Waals surface area contributed by atoms with E-state index in [1.807, 2.05) is 0 Å². The highest BCUT2D eigenvalue weighted by atomic mass is 16.8. The highest BCUT2D eigenvalue weighted by Gasteiger charge is 2.70. The second kappa shape index (κ2) is 37.6. The minimum atomic E-state index is -2.35. The summed E-state index contributed by atoms with van der Waals surface area (Å²) in [4.78, 5) is 0. The van der Waals surface area contributed by atoms with E-state index in [-0.39, 0.29) is 28.8 Å². The molecule has 0 radical (unpaired) electrons. The first-order chi connectivity index (χ1) is 57.1. The Morgan fingerprint density at radius 1 is 0.333 bits per heavy atom. The lowest BCUT2D eigenvalue weighted by Crippen LogP contribution is -2.69. The molecule has 0 aromatic heterocycles. The molecule has 4 aliphatic carbocycles. The van der Waals surface area contributed by atoms with Gasteiger partial charge in [-0.3, -0.25) is 0 Å². The summed E-state index contributed by atoms with van der Waals surface area (Å²) in [5.41, 5.74) is -0.00461. The van der Waals surface area contributed by atoms with Crippen LogP contribution in [0.15, 0.2) is 0 Å². The molecule has 0 aromatic rings. The van der Waals surface area contributed by atoms with Crippen molar-refractivity contribution < 1.29 is 212 Å². The summed E-state index contributed by atoms with van der Waals surface area (Å²) < 4.78 is 122. The number of fused-ring (bicyclic) bond motifs is 7. The van der Waals surface area contributed by atoms with Gasteiger partial charge in [0.05, 0.1) is 77.8 Å². The lowest BCUT2D eigenvalue weighted by molar-refractivity contribution is -0.411. The number of hydrogen-bond acceptors (Lipinski definition) is 43. The van der Waals surface area contributed by atoms with Crippen LogP contribution in [0.5, 0.6) is 0 Å². The van der Waals surface area contributed by atoms with Crippen LogP contribution >= 0.6 is 0 Å². The van der Waals surface area contributed by atoms with Gasteiger partial charge in [0.1, 0.15) is 189 Å². The van der Waals surface area contributed by atoms with Gasteiger partial charge < -0.3 is 212 Å². The molecule has 692 valence electrons. The normalized spacial score (nSPS) is 56.8. The van der Waals surface area contributed by atoms with Crippen molar-refractivity contribution in [3.8, 4) is 0 Å². The van der Waals surface area contributed by atoms with E-state index in [1.54, 1.807) is 0 Å². The predicted molar refractivity (Wildman–Crippen MR) is 386 cm³/mol. The van der Waals surface area contributed by atoms with Crippen molar-refractivity contribution in [3.05, 3.63) is 0 Å². The van der Waals surface area contributed by atoms with Crippen LogP contribution in [-0.4, -0.2) is 447 Å². The SMILES string of the molecule is CC1CCC2(OC1)OC1CC3C4CCC5CC(OC6OC(CO)C(OC7OC(CO)C(O)C(OC8OCC(O)C(OC9OC(COC%10OC(CO)C(O)C%10O)C(O)C(OC%10OC(COC%11OC(CO)C(O)C%11O)C(O)C(O)C%10O)C9O)C8O)C7OC7OCC(O)C(O)C7O)C(O)C6OC6OC(C)C(O)C(O)C6O)CCC5(C)C4CCC3(C)C1C2C. The van der Waals surface area contributed by atoms with Crippen LogP contribution in [0.4, 0.5) is 0 Å². The van der Waals surface area contributed by atoms with Crippen molar-refractivity contribution in [2.75, 3.05) is 59.5 Å². The molecule has 4 saturated carbocycles. The van der Waals surface area contributed by atoms with Crippen molar-refractivity contribution >= 4 is 0 Å². The second-order valence-electron chi connectivity index (χ2n) is 36.6. The second-order valence-corrected chi connectivity index (χ2v) is 36.6. The lowest BCUT2D eigenvalue weighted by Gasteiger charge is -2.61. The van der Waals surface area contributed by atoms with Gasteiger partial charge in [0, 0.05) is 12.3 Å². The summed E-state index contributed by atoms with van der Waals surface area (Å²) in [6.45, 7) is 4.71. The molecule has 43 nitrogen and oxygen atoms in total. The third-order valence-electron chi connectivity index (χ3n) is 29.4. The number of ether oxygens (including phenoxy) is 20. The van der Waals surface area contributed by atoms with Crippen LogP contribution in [0.1, 0.15) is 98.8 Å². The average Bonchev–Trinajstić information content (AvgIpc) is 1.59. The first-order valence-corrected chi connectivity index (χ1v) is 42.4. The van der Waals surface area contributed by atoms with Crippen LogP contribution in [0.2, 0.25) is 0 Å². The highest BCUT2D eigenvalue weighted by Crippen LogP contribution is 2.72. The van der Waals surface area contributed by atoms with Crippen LogP contribution in [0.3, 0.4) is 0 Å². The van der Waals surface area contributed by atoms with Gasteiger partial charge >= 0.3 is 0 Å². The van der Waals surface area contributed by atoms with Crippen molar-refractivity contribution in [3.63, 3.8) is 0 Å². The number of aliphatic hydroxyl groups is 23. The van der Waals surface area contributed by atoms with Gasteiger partial charge in [-0.25, -0.2) is 0 Å². The highest BCUT2D eigenvalue weighted by molar-refractivity contribution is 5.16. The number of rotatable bonds is 24. The fraction of sp³-hybridized carbons (Fsp3) is 1.00. The molecule has 0 aromatic carbocycles. The van der Waals surface area contributed by atoms with Gasteiger partial charge in [-0.05, 0) is 111 Å². The van der Waals surface area contributed by atoms with Crippen molar-refractivity contribution in [1.29, 1.82) is 0 Å². The van der Waals surface area contributed by atoms with Gasteiger partial charge in [0.2, 0.25) is 0 Å². The van der Waals surface area contributed by atoms with E-state index >= 15 is 0 Å². The zero-order chi connectivity index (χ0) is 85.9. The summed E-state index contributed by atoms with van der Waals surface area (Å²) in [7, 11) is 0. The molecule has 53 unspecified atom stereocenters. The molecule has 11 saturated heterocycles. The lowest BCUT2D eigenvalue weighted by atomic mass is 9.44. The Balaban J connectivity index is 0.668. The quantitative estimate of drug-likeness (QED) is 0.0399. The fourth-order valence-corrected chi connectivity index (χ4v) is 22.3. The van der Waals surface area contributed by atoms with Crippen LogP contribution in [-0.2, 0) is 94.7 Å². The molecular formula is C77H126O43. The predicted octanol–water partition coefficient (Wildman–Crippen LogP) is -10.2. The Morgan fingerprint density at radius 2 is 0.808 bits per heavy atom. The van der Waals surface area contributed by atoms with Crippen LogP contribution in [0, 0.1) is 52.3 Å². The van der Waals surface area contributed by atoms with Gasteiger partial charge in [0.25, 0.3) is 0 Å². The average molecular weight is 1740 g/mol. The standard InChI is InChI=1S/C77H126O43/c1-25-8-13-77(105-20-25)26(2)42-35(120-77)15-32-30-7-6-28-14-29(9-11-75(28,4)31(30)10-12-76(32,42)5)107-73-64(118-70-55(96)50(91)43(84)27(3)106-70)57(98)61(39(19-81)111-73)115-74-65(119-68-52(93)44(85)33(82)21-101-68)63(48(89)38(18-80)110-74)117-69-58(99)60(34(83)22-102-69)114-72-59(100)62(49(90)41(113-72)24-104-67-54(95)46(87)37(17-79)109-67)116-71-56(97)51(92)47(88)40(112-71)23-103-66-53(94)45(86)36(16-78)108-66/h25-74,78-100H,6-24H2,1-5H3. The Kier molecular flexibility index (Phi) is 29.2. The maximum absolute atomic E-state index is 13.0. The van der Waals surface area contributed by atoms with E-state index in [4.69, 9.17) is 94.7 Å². The topological polar surface area (TPSA) is 650 Å². The molecule has 11 heterocycles. The molecule has 0 bridgehead atoms. The first kappa shape index (κ1) is 93.0. The molecule has 15 fully saturated rings. The monoisotopic (exact) mass is 1740 g/mol.